The van der Waals surface area contributed by atoms with Crippen LogP contribution in [0.2, 0.25) is 0 Å². The molecule has 1 aliphatic heterocycles. The SMILES string of the molecule is CCN(CC)C1=NC(=O)C(CC(=O)Nc2ccc(C)cc2C)S1. The van der Waals surface area contributed by atoms with Crippen molar-refractivity contribution in [3.8, 4) is 0 Å². The summed E-state index contributed by atoms with van der Waals surface area (Å²) in [4.78, 5) is 30.4. The van der Waals surface area contributed by atoms with Crippen molar-refractivity contribution in [3.63, 3.8) is 0 Å². The Labute approximate surface area is 141 Å². The molecule has 2 rings (SSSR count). The van der Waals surface area contributed by atoms with Gasteiger partial charge in [-0.3, -0.25) is 9.59 Å². The van der Waals surface area contributed by atoms with E-state index < -0.39 is 5.25 Å². The zero-order chi connectivity index (χ0) is 17.0. The summed E-state index contributed by atoms with van der Waals surface area (Å²) in [6.45, 7) is 9.63. The van der Waals surface area contributed by atoms with E-state index in [1.165, 1.54) is 11.8 Å². The van der Waals surface area contributed by atoms with E-state index in [0.717, 1.165) is 35.1 Å². The fourth-order valence-corrected chi connectivity index (χ4v) is 3.65. The maximum Gasteiger partial charge on any atom is 0.262 e. The molecule has 1 aromatic carbocycles. The Morgan fingerprint density at radius 2 is 2.00 bits per heavy atom. The van der Waals surface area contributed by atoms with Crippen molar-refractivity contribution < 1.29 is 9.59 Å². The van der Waals surface area contributed by atoms with Crippen molar-refractivity contribution in [2.75, 3.05) is 18.4 Å². The summed E-state index contributed by atoms with van der Waals surface area (Å²) in [6, 6.07) is 5.87. The molecule has 1 aromatic rings. The third-order valence-corrected chi connectivity index (χ3v) is 5.00. The summed E-state index contributed by atoms with van der Waals surface area (Å²) in [5.74, 6) is -0.369. The second-order valence-electron chi connectivity index (χ2n) is 5.58. The minimum atomic E-state index is -0.420. The summed E-state index contributed by atoms with van der Waals surface area (Å²) in [5.41, 5.74) is 2.96. The van der Waals surface area contributed by atoms with Gasteiger partial charge in [-0.25, -0.2) is 0 Å². The lowest BCUT2D eigenvalue weighted by Crippen LogP contribution is -2.28. The number of nitrogens with one attached hydrogen (secondary N) is 1. The number of hydrogen-bond donors (Lipinski definition) is 1. The van der Waals surface area contributed by atoms with Crippen molar-refractivity contribution in [2.45, 2.75) is 39.4 Å². The number of anilines is 1. The first kappa shape index (κ1) is 17.5. The summed E-state index contributed by atoms with van der Waals surface area (Å²) in [6.07, 6.45) is 0.144. The van der Waals surface area contributed by atoms with Gasteiger partial charge in [0.25, 0.3) is 5.91 Å². The highest BCUT2D eigenvalue weighted by atomic mass is 32.2. The van der Waals surface area contributed by atoms with Crippen LogP contribution in [-0.2, 0) is 9.59 Å². The molecule has 0 spiro atoms. The van der Waals surface area contributed by atoms with E-state index in [1.54, 1.807) is 0 Å². The highest BCUT2D eigenvalue weighted by molar-refractivity contribution is 8.15. The van der Waals surface area contributed by atoms with Crippen molar-refractivity contribution >= 4 is 34.4 Å². The summed E-state index contributed by atoms with van der Waals surface area (Å²) in [5, 5.41) is 3.19. The molecule has 6 heteroatoms. The van der Waals surface area contributed by atoms with Gasteiger partial charge in [-0.05, 0) is 39.3 Å². The summed E-state index contributed by atoms with van der Waals surface area (Å²) in [7, 11) is 0. The zero-order valence-corrected chi connectivity index (χ0v) is 14.9. The minimum Gasteiger partial charge on any atom is -0.352 e. The van der Waals surface area contributed by atoms with Crippen LogP contribution in [0.1, 0.15) is 31.4 Å². The van der Waals surface area contributed by atoms with E-state index in [4.69, 9.17) is 0 Å². The van der Waals surface area contributed by atoms with Crippen LogP contribution in [0.5, 0.6) is 0 Å². The maximum absolute atomic E-state index is 12.2. The highest BCUT2D eigenvalue weighted by Gasteiger charge is 2.32. The molecule has 0 saturated carbocycles. The van der Waals surface area contributed by atoms with Crippen molar-refractivity contribution in [2.24, 2.45) is 4.99 Å². The number of carbonyl (C=O) groups excluding carboxylic acids is 2. The largest absolute Gasteiger partial charge is 0.352 e. The smallest absolute Gasteiger partial charge is 0.262 e. The van der Waals surface area contributed by atoms with Crippen LogP contribution in [0, 0.1) is 13.8 Å². The second kappa shape index (κ2) is 7.64. The molecule has 124 valence electrons. The van der Waals surface area contributed by atoms with E-state index >= 15 is 0 Å². The molecule has 1 atom stereocenters. The lowest BCUT2D eigenvalue weighted by molar-refractivity contribution is -0.121. The number of amidine groups is 1. The third-order valence-electron chi connectivity index (χ3n) is 3.79. The Morgan fingerprint density at radius 1 is 1.30 bits per heavy atom. The number of nitrogens with zero attached hydrogens (tertiary/aromatic N) is 2. The molecule has 1 unspecified atom stereocenters. The van der Waals surface area contributed by atoms with E-state index in [-0.39, 0.29) is 18.2 Å². The quantitative estimate of drug-likeness (QED) is 0.900. The first-order chi connectivity index (χ1) is 10.9. The zero-order valence-electron chi connectivity index (χ0n) is 14.0. The predicted octanol–water partition coefficient (Wildman–Crippen LogP) is 2.97. The van der Waals surface area contributed by atoms with Crippen LogP contribution in [0.3, 0.4) is 0 Å². The van der Waals surface area contributed by atoms with Crippen LogP contribution in [0.4, 0.5) is 5.69 Å². The molecule has 23 heavy (non-hydrogen) atoms. The highest BCUT2D eigenvalue weighted by Crippen LogP contribution is 2.27. The predicted molar refractivity (Wildman–Crippen MR) is 95.9 cm³/mol. The van der Waals surface area contributed by atoms with Crippen LogP contribution in [-0.4, -0.2) is 40.2 Å². The number of hydrogen-bond acceptors (Lipinski definition) is 4. The fourth-order valence-electron chi connectivity index (χ4n) is 2.46. The van der Waals surface area contributed by atoms with Crippen LogP contribution in [0.15, 0.2) is 23.2 Å². The summed E-state index contributed by atoms with van der Waals surface area (Å²) >= 11 is 1.39. The molecule has 0 saturated heterocycles. The first-order valence-corrected chi connectivity index (χ1v) is 8.73. The number of rotatable bonds is 5. The average Bonchev–Trinajstić information content (AvgIpc) is 2.84. The van der Waals surface area contributed by atoms with Gasteiger partial charge < -0.3 is 10.2 Å². The van der Waals surface area contributed by atoms with Gasteiger partial charge in [-0.15, -0.1) is 0 Å². The van der Waals surface area contributed by atoms with Gasteiger partial charge in [0.1, 0.15) is 5.25 Å². The second-order valence-corrected chi connectivity index (χ2v) is 6.75. The summed E-state index contributed by atoms with van der Waals surface area (Å²) < 4.78 is 0. The Balaban J connectivity index is 1.95. The van der Waals surface area contributed by atoms with Crippen LogP contribution >= 0.6 is 11.8 Å². The van der Waals surface area contributed by atoms with E-state index in [2.05, 4.69) is 10.3 Å². The van der Waals surface area contributed by atoms with Gasteiger partial charge in [0.2, 0.25) is 5.91 Å². The Bertz CT molecular complexity index is 639. The Kier molecular flexibility index (Phi) is 5.82. The molecule has 0 aromatic heterocycles. The van der Waals surface area contributed by atoms with Gasteiger partial charge in [0.15, 0.2) is 5.17 Å². The van der Waals surface area contributed by atoms with Crippen molar-refractivity contribution in [1.29, 1.82) is 0 Å². The number of benzene rings is 1. The number of carbonyl (C=O) groups is 2. The maximum atomic E-state index is 12.2. The number of thioether (sulfide) groups is 1. The number of amides is 2. The van der Waals surface area contributed by atoms with E-state index in [9.17, 15) is 9.59 Å². The lowest BCUT2D eigenvalue weighted by atomic mass is 10.1. The number of aliphatic imine (C=N–C) groups is 1. The van der Waals surface area contributed by atoms with Gasteiger partial charge in [-0.2, -0.15) is 4.99 Å². The Morgan fingerprint density at radius 3 is 2.61 bits per heavy atom. The molecule has 5 nitrogen and oxygen atoms in total. The molecule has 2 amide bonds. The third kappa shape index (κ3) is 4.34. The normalized spacial score (nSPS) is 17.1. The van der Waals surface area contributed by atoms with E-state index in [1.807, 2.05) is 50.8 Å². The molecule has 0 fully saturated rings. The van der Waals surface area contributed by atoms with Crippen molar-refractivity contribution in [1.82, 2.24) is 4.90 Å². The topological polar surface area (TPSA) is 61.8 Å². The standard InChI is InChI=1S/C17H23N3O2S/c1-5-20(6-2)17-19-16(22)14(23-17)10-15(21)18-13-8-7-11(3)9-12(13)4/h7-9,14H,5-6,10H2,1-4H3,(H,18,21). The monoisotopic (exact) mass is 333 g/mol. The molecule has 0 bridgehead atoms. The molecular formula is C17H23N3O2S. The Hall–Kier alpha value is -1.82. The molecule has 1 N–H and O–H groups in total. The molecule has 0 aliphatic carbocycles. The van der Waals surface area contributed by atoms with Crippen LogP contribution < -0.4 is 5.32 Å². The minimum absolute atomic E-state index is 0.144. The van der Waals surface area contributed by atoms with Gasteiger partial charge in [-0.1, -0.05) is 29.5 Å². The molecular weight excluding hydrogens is 310 g/mol. The molecule has 1 heterocycles. The van der Waals surface area contributed by atoms with Crippen LogP contribution in [0.25, 0.3) is 0 Å². The van der Waals surface area contributed by atoms with Crippen molar-refractivity contribution in [3.05, 3.63) is 29.3 Å². The number of aryl methyl sites for hydroxylation is 2. The fraction of sp³-hybridized carbons (Fsp3) is 0.471. The van der Waals surface area contributed by atoms with E-state index in [0.29, 0.717) is 0 Å². The van der Waals surface area contributed by atoms with Gasteiger partial charge in [0, 0.05) is 25.2 Å². The molecule has 0 radical (unpaired) electrons. The first-order valence-electron chi connectivity index (χ1n) is 7.85. The molecule has 1 aliphatic rings. The van der Waals surface area contributed by atoms with Gasteiger partial charge in [0.05, 0.1) is 0 Å². The van der Waals surface area contributed by atoms with Gasteiger partial charge >= 0.3 is 0 Å². The lowest BCUT2D eigenvalue weighted by Gasteiger charge is -2.19. The average molecular weight is 333 g/mol.